The molecule has 0 rings (SSSR count). The van der Waals surface area contributed by atoms with Gasteiger partial charge in [0.05, 0.1) is 0 Å². The van der Waals surface area contributed by atoms with Crippen LogP contribution in [0.15, 0.2) is 29.3 Å². The minimum Gasteiger partial charge on any atom is -0.479 e. The number of nitrogens with zero attached hydrogens (tertiary/aromatic N) is 2. The molecule has 0 heterocycles. The van der Waals surface area contributed by atoms with E-state index >= 15 is 0 Å². The Bertz CT molecular complexity index is 308. The Hall–Kier alpha value is -1.91. The number of likely N-dealkylation sites (N-methyl/N-ethyl adjacent to an activating group) is 1. The first-order chi connectivity index (χ1) is 7.08. The van der Waals surface area contributed by atoms with Crippen LogP contribution in [0.3, 0.4) is 0 Å². The van der Waals surface area contributed by atoms with E-state index < -0.39 is 12.0 Å². The first-order valence-corrected chi connectivity index (χ1v) is 4.23. The fraction of sp³-hybridized carbons (Fsp3) is 0.300. The minimum atomic E-state index is -1.11. The second kappa shape index (κ2) is 6.53. The molecule has 1 atom stereocenters. The van der Waals surface area contributed by atoms with Crippen LogP contribution >= 0.6 is 0 Å². The van der Waals surface area contributed by atoms with Gasteiger partial charge in [0, 0.05) is 25.9 Å². The number of amides is 1. The maximum atomic E-state index is 11.0. The van der Waals surface area contributed by atoms with Gasteiger partial charge >= 0.3 is 5.97 Å². The Kier molecular flexibility index (Phi) is 5.70. The molecule has 0 bridgehead atoms. The number of carbonyl (C=O) groups excluding carboxylic acids is 1. The Morgan fingerprint density at radius 3 is 2.53 bits per heavy atom. The largest absolute Gasteiger partial charge is 0.479 e. The first kappa shape index (κ1) is 13.1. The molecule has 15 heavy (non-hydrogen) atoms. The van der Waals surface area contributed by atoms with Gasteiger partial charge in [0.25, 0.3) is 0 Å². The Balaban J connectivity index is 5.18. The van der Waals surface area contributed by atoms with E-state index in [1.54, 1.807) is 0 Å². The molecule has 0 fully saturated rings. The summed E-state index contributed by atoms with van der Waals surface area (Å²) in [6, 6.07) is -1.04. The molecule has 82 valence electrons. The lowest BCUT2D eigenvalue weighted by Gasteiger charge is -2.20. The third kappa shape index (κ3) is 3.76. The molecule has 0 spiro atoms. The van der Waals surface area contributed by atoms with Crippen molar-refractivity contribution in [3.8, 4) is 0 Å². The zero-order valence-electron chi connectivity index (χ0n) is 8.75. The summed E-state index contributed by atoms with van der Waals surface area (Å²) in [5.74, 6) is -1.11. The molecule has 0 saturated carbocycles. The van der Waals surface area contributed by atoms with Crippen molar-refractivity contribution in [3.05, 3.63) is 24.3 Å². The summed E-state index contributed by atoms with van der Waals surface area (Å²) in [4.78, 5) is 26.3. The summed E-state index contributed by atoms with van der Waals surface area (Å²) in [6.45, 7) is 3.47. The second-order valence-corrected chi connectivity index (χ2v) is 2.80. The summed E-state index contributed by atoms with van der Waals surface area (Å²) in [7, 11) is 2.92. The van der Waals surface area contributed by atoms with Crippen molar-refractivity contribution in [2.45, 2.75) is 6.04 Å². The predicted octanol–water partition coefficient (Wildman–Crippen LogP) is 0.341. The normalized spacial score (nSPS) is 13.6. The van der Waals surface area contributed by atoms with Gasteiger partial charge in [-0.25, -0.2) is 4.79 Å². The Morgan fingerprint density at radius 1 is 1.60 bits per heavy atom. The third-order valence-corrected chi connectivity index (χ3v) is 1.71. The number of rotatable bonds is 6. The number of hydrogen-bond acceptors (Lipinski definition) is 3. The maximum absolute atomic E-state index is 11.0. The molecule has 0 aromatic rings. The average molecular weight is 210 g/mol. The van der Waals surface area contributed by atoms with Crippen LogP contribution in [0, 0.1) is 0 Å². The van der Waals surface area contributed by atoms with Crippen molar-refractivity contribution < 1.29 is 14.7 Å². The quantitative estimate of drug-likeness (QED) is 0.390. The highest BCUT2D eigenvalue weighted by atomic mass is 16.4. The van der Waals surface area contributed by atoms with Gasteiger partial charge < -0.3 is 10.0 Å². The average Bonchev–Trinajstić information content (AvgIpc) is 2.18. The highest BCUT2D eigenvalue weighted by Crippen LogP contribution is 2.07. The lowest BCUT2D eigenvalue weighted by molar-refractivity contribution is -0.143. The van der Waals surface area contributed by atoms with E-state index in [-0.39, 0.29) is 0 Å². The fourth-order valence-electron chi connectivity index (χ4n) is 1.10. The molecular formula is C10H14N2O3. The molecule has 0 aromatic heterocycles. The van der Waals surface area contributed by atoms with Gasteiger partial charge in [-0.2, -0.15) is 0 Å². The zero-order valence-corrected chi connectivity index (χ0v) is 8.75. The third-order valence-electron chi connectivity index (χ3n) is 1.71. The topological polar surface area (TPSA) is 70.0 Å². The Morgan fingerprint density at radius 2 is 2.20 bits per heavy atom. The van der Waals surface area contributed by atoms with E-state index in [0.29, 0.717) is 12.0 Å². The molecule has 5 heteroatoms. The molecule has 0 aromatic carbocycles. The first-order valence-electron chi connectivity index (χ1n) is 4.23. The smallest absolute Gasteiger partial charge is 0.331 e. The number of carboxylic acids is 1. The fourth-order valence-corrected chi connectivity index (χ4v) is 1.10. The molecule has 1 unspecified atom stereocenters. The minimum absolute atomic E-state index is 0.398. The van der Waals surface area contributed by atoms with Crippen LogP contribution < -0.4 is 0 Å². The highest BCUT2D eigenvalue weighted by Gasteiger charge is 2.24. The van der Waals surface area contributed by atoms with Crippen molar-refractivity contribution in [2.75, 3.05) is 14.1 Å². The number of hydrogen-bond donors (Lipinski definition) is 1. The van der Waals surface area contributed by atoms with Crippen LogP contribution in [-0.4, -0.2) is 48.7 Å². The molecule has 5 nitrogen and oxygen atoms in total. The monoisotopic (exact) mass is 210 g/mol. The molecule has 1 amide bonds. The molecule has 0 saturated heterocycles. The lowest BCUT2D eigenvalue weighted by atomic mass is 10.1. The van der Waals surface area contributed by atoms with Crippen molar-refractivity contribution in [2.24, 2.45) is 4.99 Å². The number of carboxylic acid groups (broad SMARTS) is 1. The van der Waals surface area contributed by atoms with E-state index in [1.807, 2.05) is 0 Å². The van der Waals surface area contributed by atoms with E-state index in [1.165, 1.54) is 32.5 Å². The molecule has 0 aliphatic rings. The van der Waals surface area contributed by atoms with Gasteiger partial charge in [-0.3, -0.25) is 9.79 Å². The maximum Gasteiger partial charge on any atom is 0.331 e. The van der Waals surface area contributed by atoms with E-state index in [4.69, 9.17) is 5.11 Å². The highest BCUT2D eigenvalue weighted by molar-refractivity contribution is 5.92. The van der Waals surface area contributed by atoms with E-state index in [2.05, 4.69) is 11.6 Å². The number of carbonyl (C=O) groups is 2. The summed E-state index contributed by atoms with van der Waals surface area (Å²) in [6.07, 6.45) is 4.80. The van der Waals surface area contributed by atoms with E-state index in [0.717, 1.165) is 4.90 Å². The van der Waals surface area contributed by atoms with Crippen LogP contribution in [0.25, 0.3) is 0 Å². The van der Waals surface area contributed by atoms with Crippen LogP contribution in [0.2, 0.25) is 0 Å². The van der Waals surface area contributed by atoms with Gasteiger partial charge in [0.15, 0.2) is 6.04 Å². The van der Waals surface area contributed by atoms with Crippen molar-refractivity contribution in [3.63, 3.8) is 0 Å². The SMILES string of the molecule is C=C/C=C(\C=NC)C(C(=O)O)N(C)C=O. The van der Waals surface area contributed by atoms with Crippen LogP contribution in [0.4, 0.5) is 0 Å². The van der Waals surface area contributed by atoms with Crippen LogP contribution in [-0.2, 0) is 9.59 Å². The van der Waals surface area contributed by atoms with Crippen molar-refractivity contribution >= 4 is 18.6 Å². The number of allylic oxidation sites excluding steroid dienone is 2. The number of aliphatic carboxylic acids is 1. The summed E-state index contributed by atoms with van der Waals surface area (Å²) >= 11 is 0. The van der Waals surface area contributed by atoms with Crippen LogP contribution in [0.1, 0.15) is 0 Å². The molecule has 0 radical (unpaired) electrons. The molecular weight excluding hydrogens is 196 g/mol. The van der Waals surface area contributed by atoms with Gasteiger partial charge in [-0.1, -0.05) is 18.7 Å². The van der Waals surface area contributed by atoms with Gasteiger partial charge in [-0.05, 0) is 0 Å². The Labute approximate surface area is 88.4 Å². The lowest BCUT2D eigenvalue weighted by Crippen LogP contribution is -2.39. The number of aliphatic imine (C=N–C) groups is 1. The molecule has 0 aliphatic carbocycles. The van der Waals surface area contributed by atoms with Crippen LogP contribution in [0.5, 0.6) is 0 Å². The zero-order chi connectivity index (χ0) is 11.8. The van der Waals surface area contributed by atoms with Gasteiger partial charge in [-0.15, -0.1) is 0 Å². The summed E-state index contributed by atoms with van der Waals surface area (Å²) in [5, 5.41) is 8.96. The van der Waals surface area contributed by atoms with Crippen molar-refractivity contribution in [1.82, 2.24) is 4.90 Å². The van der Waals surface area contributed by atoms with Crippen molar-refractivity contribution in [1.29, 1.82) is 0 Å². The second-order valence-electron chi connectivity index (χ2n) is 2.80. The van der Waals surface area contributed by atoms with Gasteiger partial charge in [0.1, 0.15) is 0 Å². The van der Waals surface area contributed by atoms with Gasteiger partial charge in [0.2, 0.25) is 6.41 Å². The molecule has 1 N–H and O–H groups in total. The summed E-state index contributed by atoms with van der Waals surface area (Å²) in [5.41, 5.74) is 0.398. The summed E-state index contributed by atoms with van der Waals surface area (Å²) < 4.78 is 0. The predicted molar refractivity (Wildman–Crippen MR) is 57.9 cm³/mol. The molecule has 0 aliphatic heterocycles. The van der Waals surface area contributed by atoms with E-state index in [9.17, 15) is 9.59 Å². The standard InChI is InChI=1S/C10H14N2O3/c1-4-5-8(6-11-2)9(10(14)15)12(3)7-13/h4-7,9H,1H2,2-3H3,(H,14,15)/b8-5+,11-6?.